The van der Waals surface area contributed by atoms with E-state index in [0.717, 1.165) is 6.54 Å². The van der Waals surface area contributed by atoms with Crippen molar-refractivity contribution in [3.05, 3.63) is 39.4 Å². The van der Waals surface area contributed by atoms with Crippen molar-refractivity contribution in [3.8, 4) is 0 Å². The fraction of sp³-hybridized carbons (Fsp3) is 0.474. The van der Waals surface area contributed by atoms with Gasteiger partial charge in [-0.05, 0) is 54.7 Å². The standard InChI is InChI=1S/C19H25N3O2S2/c1-14(13-22-8-3-2-4-9-22)12-20-17(23)15-7-11-26-19(15)21-18(24)16-6-5-10-25-16/h5-7,10-11,14H,2-4,8-9,12-13H2,1H3,(H,20,23)(H,21,24)/t14-/m0/s1. The topological polar surface area (TPSA) is 61.4 Å². The van der Waals surface area contributed by atoms with E-state index >= 15 is 0 Å². The van der Waals surface area contributed by atoms with E-state index in [4.69, 9.17) is 0 Å². The normalized spacial score (nSPS) is 16.2. The lowest BCUT2D eigenvalue weighted by atomic mass is 10.1. The third-order valence-electron chi connectivity index (χ3n) is 4.51. The molecule has 26 heavy (non-hydrogen) atoms. The van der Waals surface area contributed by atoms with Gasteiger partial charge in [-0.15, -0.1) is 22.7 Å². The second kappa shape index (κ2) is 9.30. The van der Waals surface area contributed by atoms with Crippen molar-refractivity contribution in [2.75, 3.05) is 31.5 Å². The Labute approximate surface area is 162 Å². The number of anilines is 1. The molecular weight excluding hydrogens is 366 g/mol. The molecule has 0 aromatic carbocycles. The smallest absolute Gasteiger partial charge is 0.266 e. The number of thiophene rings is 2. The highest BCUT2D eigenvalue weighted by Crippen LogP contribution is 2.24. The van der Waals surface area contributed by atoms with Crippen LogP contribution >= 0.6 is 22.7 Å². The fourth-order valence-corrected chi connectivity index (χ4v) is 4.57. The largest absolute Gasteiger partial charge is 0.352 e. The quantitative estimate of drug-likeness (QED) is 0.752. The second-order valence-electron chi connectivity index (χ2n) is 6.77. The maximum Gasteiger partial charge on any atom is 0.266 e. The van der Waals surface area contributed by atoms with Gasteiger partial charge in [-0.25, -0.2) is 0 Å². The van der Waals surface area contributed by atoms with Crippen LogP contribution in [0, 0.1) is 5.92 Å². The van der Waals surface area contributed by atoms with Crippen LogP contribution in [0.4, 0.5) is 5.00 Å². The van der Waals surface area contributed by atoms with Crippen molar-refractivity contribution in [1.82, 2.24) is 10.2 Å². The monoisotopic (exact) mass is 391 g/mol. The molecule has 2 aromatic heterocycles. The van der Waals surface area contributed by atoms with Crippen LogP contribution in [0.1, 0.15) is 46.2 Å². The van der Waals surface area contributed by atoms with Crippen molar-refractivity contribution in [3.63, 3.8) is 0 Å². The Balaban J connectivity index is 1.50. The van der Waals surface area contributed by atoms with Gasteiger partial charge >= 0.3 is 0 Å². The van der Waals surface area contributed by atoms with E-state index in [2.05, 4.69) is 22.5 Å². The summed E-state index contributed by atoms with van der Waals surface area (Å²) in [6.45, 7) is 6.17. The second-order valence-corrected chi connectivity index (χ2v) is 8.64. The van der Waals surface area contributed by atoms with Crippen molar-refractivity contribution in [2.45, 2.75) is 26.2 Å². The van der Waals surface area contributed by atoms with Crippen molar-refractivity contribution < 1.29 is 9.59 Å². The van der Waals surface area contributed by atoms with E-state index in [0.29, 0.717) is 27.9 Å². The molecule has 2 amide bonds. The average Bonchev–Trinajstić information content (AvgIpc) is 3.32. The van der Waals surface area contributed by atoms with Crippen LogP contribution < -0.4 is 10.6 Å². The molecule has 2 N–H and O–H groups in total. The van der Waals surface area contributed by atoms with E-state index in [1.165, 1.54) is 55.0 Å². The number of amides is 2. The van der Waals surface area contributed by atoms with E-state index in [1.54, 1.807) is 12.1 Å². The molecule has 1 aliphatic rings. The molecule has 0 saturated carbocycles. The first-order valence-corrected chi connectivity index (χ1v) is 10.8. The van der Waals surface area contributed by atoms with Crippen LogP contribution in [0.25, 0.3) is 0 Å². The number of likely N-dealkylation sites (tertiary alicyclic amines) is 1. The fourth-order valence-electron chi connectivity index (χ4n) is 3.17. The number of carbonyl (C=O) groups is 2. The van der Waals surface area contributed by atoms with Gasteiger partial charge in [0.2, 0.25) is 0 Å². The van der Waals surface area contributed by atoms with Gasteiger partial charge in [-0.1, -0.05) is 19.4 Å². The minimum Gasteiger partial charge on any atom is -0.352 e. The Kier molecular flexibility index (Phi) is 6.82. The molecular formula is C19H25N3O2S2. The molecule has 3 rings (SSSR count). The van der Waals surface area contributed by atoms with Crippen LogP contribution in [0.3, 0.4) is 0 Å². The number of nitrogens with zero attached hydrogens (tertiary/aromatic N) is 1. The molecule has 140 valence electrons. The molecule has 0 aliphatic carbocycles. The maximum absolute atomic E-state index is 12.5. The summed E-state index contributed by atoms with van der Waals surface area (Å²) in [5.74, 6) is 0.105. The minimum atomic E-state index is -0.171. The van der Waals surface area contributed by atoms with Gasteiger partial charge in [-0.2, -0.15) is 0 Å². The number of carbonyl (C=O) groups excluding carboxylic acids is 2. The van der Waals surface area contributed by atoms with Gasteiger partial charge in [0.1, 0.15) is 5.00 Å². The number of rotatable bonds is 7. The SMILES string of the molecule is C[C@@H](CNC(=O)c1ccsc1NC(=O)c1cccs1)CN1CCCCC1. The number of piperidine rings is 1. The lowest BCUT2D eigenvalue weighted by Crippen LogP contribution is -2.38. The third kappa shape index (κ3) is 5.16. The molecule has 0 bridgehead atoms. The highest BCUT2D eigenvalue weighted by atomic mass is 32.1. The van der Waals surface area contributed by atoms with Gasteiger partial charge in [0.05, 0.1) is 10.4 Å². The molecule has 7 heteroatoms. The summed E-state index contributed by atoms with van der Waals surface area (Å²) in [5.41, 5.74) is 0.532. The lowest BCUT2D eigenvalue weighted by molar-refractivity contribution is 0.0944. The van der Waals surface area contributed by atoms with Crippen LogP contribution in [0.5, 0.6) is 0 Å². The molecule has 5 nitrogen and oxygen atoms in total. The van der Waals surface area contributed by atoms with Gasteiger partial charge in [0, 0.05) is 13.1 Å². The lowest BCUT2D eigenvalue weighted by Gasteiger charge is -2.29. The average molecular weight is 392 g/mol. The predicted octanol–water partition coefficient (Wildman–Crippen LogP) is 3.91. The summed E-state index contributed by atoms with van der Waals surface area (Å²) in [7, 11) is 0. The number of hydrogen-bond donors (Lipinski definition) is 2. The van der Waals surface area contributed by atoms with Crippen molar-refractivity contribution in [1.29, 1.82) is 0 Å². The van der Waals surface area contributed by atoms with Crippen LogP contribution in [-0.2, 0) is 0 Å². The summed E-state index contributed by atoms with van der Waals surface area (Å²) in [5, 5.41) is 10.2. The zero-order chi connectivity index (χ0) is 18.4. The van der Waals surface area contributed by atoms with E-state index < -0.39 is 0 Å². The first kappa shape index (κ1) is 19.1. The Morgan fingerprint density at radius 3 is 2.65 bits per heavy atom. The van der Waals surface area contributed by atoms with E-state index in [9.17, 15) is 9.59 Å². The van der Waals surface area contributed by atoms with Crippen LogP contribution in [0.15, 0.2) is 29.0 Å². The molecule has 1 fully saturated rings. The van der Waals surface area contributed by atoms with E-state index in [1.807, 2.05) is 16.8 Å². The van der Waals surface area contributed by atoms with Gasteiger partial charge in [0.25, 0.3) is 11.8 Å². The summed E-state index contributed by atoms with van der Waals surface area (Å²) >= 11 is 2.75. The zero-order valence-corrected chi connectivity index (χ0v) is 16.6. The molecule has 0 spiro atoms. The molecule has 1 atom stereocenters. The molecule has 1 aliphatic heterocycles. The summed E-state index contributed by atoms with van der Waals surface area (Å²) < 4.78 is 0. The minimum absolute atomic E-state index is 0.127. The van der Waals surface area contributed by atoms with E-state index in [-0.39, 0.29) is 11.8 Å². The van der Waals surface area contributed by atoms with Crippen molar-refractivity contribution >= 4 is 39.5 Å². The molecule has 0 unspecified atom stereocenters. The van der Waals surface area contributed by atoms with Gasteiger partial charge in [-0.3, -0.25) is 9.59 Å². The molecule has 3 heterocycles. The molecule has 1 saturated heterocycles. The van der Waals surface area contributed by atoms with Crippen LogP contribution in [-0.4, -0.2) is 42.9 Å². The summed E-state index contributed by atoms with van der Waals surface area (Å²) in [6, 6.07) is 5.38. The third-order valence-corrected chi connectivity index (χ3v) is 6.21. The van der Waals surface area contributed by atoms with Gasteiger partial charge < -0.3 is 15.5 Å². The van der Waals surface area contributed by atoms with Crippen LogP contribution in [0.2, 0.25) is 0 Å². The first-order chi connectivity index (χ1) is 12.6. The number of nitrogens with one attached hydrogen (secondary N) is 2. The predicted molar refractivity (Wildman–Crippen MR) is 108 cm³/mol. The summed E-state index contributed by atoms with van der Waals surface area (Å²) in [6.07, 6.45) is 3.89. The highest BCUT2D eigenvalue weighted by molar-refractivity contribution is 7.15. The zero-order valence-electron chi connectivity index (χ0n) is 15.0. The maximum atomic E-state index is 12.5. The number of hydrogen-bond acceptors (Lipinski definition) is 5. The Hall–Kier alpha value is -1.70. The Morgan fingerprint density at radius 2 is 1.92 bits per heavy atom. The molecule has 0 radical (unpaired) electrons. The summed E-state index contributed by atoms with van der Waals surface area (Å²) in [4.78, 5) is 27.9. The Bertz CT molecular complexity index is 721. The Morgan fingerprint density at radius 1 is 1.12 bits per heavy atom. The van der Waals surface area contributed by atoms with Gasteiger partial charge in [0.15, 0.2) is 0 Å². The first-order valence-electron chi connectivity index (χ1n) is 9.06. The molecule has 2 aromatic rings. The van der Waals surface area contributed by atoms with Crippen molar-refractivity contribution in [2.24, 2.45) is 5.92 Å². The highest BCUT2D eigenvalue weighted by Gasteiger charge is 2.18.